The number of nitrogens with two attached hydrogens (primary N) is 1. The highest BCUT2D eigenvalue weighted by molar-refractivity contribution is 5.77. The summed E-state index contributed by atoms with van der Waals surface area (Å²) in [6, 6.07) is -0.862. The molecule has 1 unspecified atom stereocenters. The molecule has 1 amide bonds. The Bertz CT molecular complexity index is 1420. The molecule has 11 heteroatoms. The Morgan fingerprint density at radius 2 is 1.73 bits per heavy atom. The van der Waals surface area contributed by atoms with Gasteiger partial charge in [-0.15, -0.1) is 0 Å². The Morgan fingerprint density at radius 3 is 2.37 bits per heavy atom. The average Bonchev–Trinajstić information content (AvgIpc) is 3.06. The third kappa shape index (κ3) is 6.63. The Labute approximate surface area is 310 Å². The highest BCUT2D eigenvalue weighted by atomic mass is 16.6. The van der Waals surface area contributed by atoms with Crippen molar-refractivity contribution in [1.29, 1.82) is 0 Å². The Morgan fingerprint density at radius 1 is 1.02 bits per heavy atom. The van der Waals surface area contributed by atoms with Crippen LogP contribution in [0.25, 0.3) is 0 Å². The maximum absolute atomic E-state index is 13.6. The van der Waals surface area contributed by atoms with Crippen LogP contribution in [0.1, 0.15) is 113 Å². The minimum absolute atomic E-state index is 0.000581. The molecule has 1 saturated heterocycles. The van der Waals surface area contributed by atoms with E-state index in [9.17, 15) is 24.3 Å². The van der Waals surface area contributed by atoms with Crippen LogP contribution in [0.3, 0.4) is 0 Å². The van der Waals surface area contributed by atoms with Crippen molar-refractivity contribution in [3.8, 4) is 0 Å². The van der Waals surface area contributed by atoms with Crippen molar-refractivity contribution < 1.29 is 43.2 Å². The summed E-state index contributed by atoms with van der Waals surface area (Å²) < 4.78 is 23.7. The largest absolute Gasteiger partial charge is 0.481 e. The zero-order chi connectivity index (χ0) is 38.4. The van der Waals surface area contributed by atoms with Gasteiger partial charge in [-0.1, -0.05) is 60.1 Å². The van der Waals surface area contributed by atoms with Crippen molar-refractivity contribution in [1.82, 2.24) is 5.32 Å². The van der Waals surface area contributed by atoms with Crippen LogP contribution < -0.4 is 11.1 Å². The zero-order valence-corrected chi connectivity index (χ0v) is 33.2. The van der Waals surface area contributed by atoms with Crippen LogP contribution in [0.2, 0.25) is 0 Å². The maximum atomic E-state index is 13.6. The van der Waals surface area contributed by atoms with Gasteiger partial charge in [0.25, 0.3) is 0 Å². The summed E-state index contributed by atoms with van der Waals surface area (Å²) >= 11 is 0. The van der Waals surface area contributed by atoms with E-state index < -0.39 is 58.3 Å². The summed E-state index contributed by atoms with van der Waals surface area (Å²) in [5.41, 5.74) is 5.61. The molecule has 5 aliphatic rings. The van der Waals surface area contributed by atoms with E-state index in [-0.39, 0.29) is 41.1 Å². The number of carboxylic acids is 1. The highest BCUT2D eigenvalue weighted by Gasteiger charge is 2.72. The second-order valence-electron chi connectivity index (χ2n) is 18.4. The van der Waals surface area contributed by atoms with Crippen molar-refractivity contribution in [2.24, 2.45) is 62.4 Å². The molecule has 1 aliphatic heterocycles. The highest BCUT2D eigenvalue weighted by Crippen LogP contribution is 2.75. The van der Waals surface area contributed by atoms with Gasteiger partial charge in [0.15, 0.2) is 0 Å². The fraction of sp³-hybridized carbons (Fsp3) is 0.854. The van der Waals surface area contributed by atoms with Gasteiger partial charge < -0.3 is 35.1 Å². The molecule has 0 radical (unpaired) electrons. The van der Waals surface area contributed by atoms with E-state index >= 15 is 0 Å². The van der Waals surface area contributed by atoms with Crippen LogP contribution in [0.4, 0.5) is 0 Å². The summed E-state index contributed by atoms with van der Waals surface area (Å²) in [7, 11) is 1.47. The lowest BCUT2D eigenvalue weighted by Crippen LogP contribution is -2.70. The van der Waals surface area contributed by atoms with Crippen LogP contribution in [0, 0.1) is 56.7 Å². The van der Waals surface area contributed by atoms with Gasteiger partial charge in [0.2, 0.25) is 5.91 Å². The lowest BCUT2D eigenvalue weighted by molar-refractivity contribution is -0.263. The van der Waals surface area contributed by atoms with Gasteiger partial charge in [-0.3, -0.25) is 19.2 Å². The SMILES string of the molecule is COCC(=O)NCCCCC(N)C(=O)O[C@H]1[C@H](OC(C)=O)C[C@@]23COC[C@]1(C)[C@@H]2CC[C@H]1C3=CC[C@@]2(C)[C@H](C(=O)O)[C@@](C)([C@H](C)C(C)C)CC[C@]12C. The van der Waals surface area contributed by atoms with Gasteiger partial charge in [-0.05, 0) is 97.7 Å². The van der Waals surface area contributed by atoms with Crippen LogP contribution in [-0.2, 0) is 38.1 Å². The Hall–Kier alpha value is -2.50. The molecule has 294 valence electrons. The van der Waals surface area contributed by atoms with Gasteiger partial charge in [0.05, 0.1) is 19.1 Å². The number of rotatable bonds is 13. The first-order chi connectivity index (χ1) is 24.3. The molecule has 0 spiro atoms. The van der Waals surface area contributed by atoms with Gasteiger partial charge in [0, 0.05) is 31.4 Å². The van der Waals surface area contributed by atoms with Crippen molar-refractivity contribution in [2.45, 2.75) is 131 Å². The first kappa shape index (κ1) is 40.7. The number of unbranched alkanes of at least 4 members (excludes halogenated alkanes) is 1. The lowest BCUT2D eigenvalue weighted by atomic mass is 9.34. The number of methoxy groups -OCH3 is 1. The van der Waals surface area contributed by atoms with E-state index in [0.29, 0.717) is 57.8 Å². The second-order valence-corrected chi connectivity index (χ2v) is 18.4. The van der Waals surface area contributed by atoms with E-state index in [1.807, 2.05) is 0 Å². The first-order valence-corrected chi connectivity index (χ1v) is 19.7. The summed E-state index contributed by atoms with van der Waals surface area (Å²) in [6.45, 7) is 18.3. The molecular formula is C41H66N2O9. The molecule has 0 aromatic rings. The van der Waals surface area contributed by atoms with E-state index in [1.165, 1.54) is 19.6 Å². The molecule has 2 bridgehead atoms. The van der Waals surface area contributed by atoms with E-state index in [0.717, 1.165) is 25.7 Å². The molecule has 4 aliphatic carbocycles. The van der Waals surface area contributed by atoms with Crippen LogP contribution >= 0.6 is 0 Å². The van der Waals surface area contributed by atoms with Crippen LogP contribution in [0.15, 0.2) is 11.6 Å². The van der Waals surface area contributed by atoms with Gasteiger partial charge >= 0.3 is 17.9 Å². The lowest BCUT2D eigenvalue weighted by Gasteiger charge is -2.71. The van der Waals surface area contributed by atoms with Gasteiger partial charge in [-0.25, -0.2) is 0 Å². The topological polar surface area (TPSA) is 163 Å². The number of hydrogen-bond donors (Lipinski definition) is 3. The summed E-state index contributed by atoms with van der Waals surface area (Å²) in [4.78, 5) is 51.3. The van der Waals surface area contributed by atoms with Crippen LogP contribution in [-0.4, -0.2) is 80.6 Å². The zero-order valence-electron chi connectivity index (χ0n) is 33.2. The van der Waals surface area contributed by atoms with Gasteiger partial charge in [0.1, 0.15) is 24.9 Å². The molecule has 4 N–H and O–H groups in total. The fourth-order valence-electron chi connectivity index (χ4n) is 12.3. The number of carboxylic acid groups (broad SMARTS) is 1. The first-order valence-electron chi connectivity index (χ1n) is 19.7. The summed E-state index contributed by atoms with van der Waals surface area (Å²) in [5.74, 6) is -1.41. The van der Waals surface area contributed by atoms with E-state index in [2.05, 4.69) is 59.9 Å². The van der Waals surface area contributed by atoms with Crippen molar-refractivity contribution in [3.05, 3.63) is 11.6 Å². The normalized spacial score (nSPS) is 40.6. The second kappa shape index (κ2) is 15.0. The Kier molecular flexibility index (Phi) is 11.7. The number of esters is 2. The number of fused-ring (bicyclic) bond motifs is 3. The third-order valence-corrected chi connectivity index (χ3v) is 15.5. The summed E-state index contributed by atoms with van der Waals surface area (Å²) in [5, 5.41) is 13.8. The number of nitrogens with one attached hydrogen (secondary N) is 1. The van der Waals surface area contributed by atoms with E-state index in [4.69, 9.17) is 24.7 Å². The number of carbonyl (C=O) groups is 4. The molecule has 11 nitrogen and oxygen atoms in total. The number of amides is 1. The fourth-order valence-corrected chi connectivity index (χ4v) is 12.3. The quantitative estimate of drug-likeness (QED) is 0.122. The number of allylic oxidation sites excluding steroid dienone is 1. The molecule has 12 atom stereocenters. The molecule has 0 aromatic carbocycles. The molecule has 3 saturated carbocycles. The minimum Gasteiger partial charge on any atom is -0.481 e. The Balaban J connectivity index is 1.42. The van der Waals surface area contributed by atoms with Crippen LogP contribution in [0.5, 0.6) is 0 Å². The predicted octanol–water partition coefficient (Wildman–Crippen LogP) is 5.68. The standard InChI is InChI=1S/C41H66N2O9/c1-24(2)25(3)37(5)17-18-39(7)27-13-14-31-38(6)22-50-23-41(31,28(27)15-16-40(39,8)33(37)35(46)47)20-30(51-26(4)44)34(38)52-36(48)29(42)12-10-11-19-43-32(45)21-49-9/h15,24-25,27,29-31,33-34H,10-14,16-23,42H2,1-9H3,(H,43,45)(H,46,47)/t25-,27+,29?,30-,31+,33-,34+,37-,38-,39-,40+,41+/m1/s1. The average molecular weight is 731 g/mol. The molecule has 5 rings (SSSR count). The predicted molar refractivity (Wildman–Crippen MR) is 196 cm³/mol. The minimum atomic E-state index is -0.862. The van der Waals surface area contributed by atoms with Crippen molar-refractivity contribution >= 4 is 23.8 Å². The third-order valence-electron chi connectivity index (χ3n) is 15.5. The number of aliphatic carboxylic acids is 1. The summed E-state index contributed by atoms with van der Waals surface area (Å²) in [6.07, 6.45) is 7.38. The van der Waals surface area contributed by atoms with Gasteiger partial charge in [-0.2, -0.15) is 0 Å². The van der Waals surface area contributed by atoms with Crippen molar-refractivity contribution in [3.63, 3.8) is 0 Å². The molecule has 1 heterocycles. The molecule has 0 aromatic heterocycles. The molecular weight excluding hydrogens is 664 g/mol. The molecule has 52 heavy (non-hydrogen) atoms. The molecule has 4 fully saturated rings. The maximum Gasteiger partial charge on any atom is 0.323 e. The monoisotopic (exact) mass is 730 g/mol. The number of carbonyl (C=O) groups excluding carboxylic acids is 3. The number of ether oxygens (including phenoxy) is 4. The number of hydrogen-bond acceptors (Lipinski definition) is 9. The van der Waals surface area contributed by atoms with E-state index in [1.54, 1.807) is 0 Å². The van der Waals surface area contributed by atoms with Crippen molar-refractivity contribution in [2.75, 3.05) is 33.5 Å². The smallest absolute Gasteiger partial charge is 0.323 e.